The van der Waals surface area contributed by atoms with Crippen LogP contribution in [0.3, 0.4) is 0 Å². The molecule has 6 heteroatoms. The lowest BCUT2D eigenvalue weighted by atomic mass is 9.97. The van der Waals surface area contributed by atoms with Crippen LogP contribution in [0.25, 0.3) is 0 Å². The smallest absolute Gasteiger partial charge is 0.323 e. The van der Waals surface area contributed by atoms with Crippen LogP contribution in [0.15, 0.2) is 30.3 Å². The van der Waals surface area contributed by atoms with Crippen LogP contribution in [0.1, 0.15) is 32.6 Å². The Morgan fingerprint density at radius 1 is 1.22 bits per heavy atom. The van der Waals surface area contributed by atoms with Crippen molar-refractivity contribution < 1.29 is 14.4 Å². The summed E-state index contributed by atoms with van der Waals surface area (Å²) in [6.45, 7) is 1.60. The van der Waals surface area contributed by atoms with Gasteiger partial charge < -0.3 is 10.2 Å². The van der Waals surface area contributed by atoms with Crippen molar-refractivity contribution in [3.05, 3.63) is 30.3 Å². The average Bonchev–Trinajstić information content (AvgIpc) is 3.12. The fourth-order valence-corrected chi connectivity index (χ4v) is 3.48. The molecule has 1 aliphatic heterocycles. The lowest BCUT2D eigenvalue weighted by molar-refractivity contribution is -0.136. The third-order valence-electron chi connectivity index (χ3n) is 4.87. The van der Waals surface area contributed by atoms with Gasteiger partial charge in [0.1, 0.15) is 11.6 Å². The number of rotatable bonds is 3. The molecule has 0 radical (unpaired) electrons. The standard InChI is InChI=1S/C17H21N3O3/c1-12(14(21)19(2)13-8-4-3-5-9-13)20-15(22)17(18-16(20)23)10-6-7-11-17/h3-5,8-9,12H,6-7,10-11H2,1-2H3,(H,18,23). The highest BCUT2D eigenvalue weighted by molar-refractivity contribution is 6.11. The summed E-state index contributed by atoms with van der Waals surface area (Å²) in [6.07, 6.45) is 3.16. The van der Waals surface area contributed by atoms with Gasteiger partial charge in [-0.25, -0.2) is 9.69 Å². The Morgan fingerprint density at radius 3 is 2.43 bits per heavy atom. The van der Waals surface area contributed by atoms with Crippen LogP contribution in [0, 0.1) is 0 Å². The highest BCUT2D eigenvalue weighted by Gasteiger charge is 2.54. The molecule has 1 aromatic rings. The molecule has 1 spiro atoms. The highest BCUT2D eigenvalue weighted by Crippen LogP contribution is 2.36. The van der Waals surface area contributed by atoms with E-state index in [1.54, 1.807) is 14.0 Å². The molecular formula is C17H21N3O3. The summed E-state index contributed by atoms with van der Waals surface area (Å²) < 4.78 is 0. The van der Waals surface area contributed by atoms with Crippen LogP contribution < -0.4 is 10.2 Å². The molecule has 23 heavy (non-hydrogen) atoms. The van der Waals surface area contributed by atoms with Crippen LogP contribution in [0.2, 0.25) is 0 Å². The van der Waals surface area contributed by atoms with Crippen molar-refractivity contribution in [1.29, 1.82) is 0 Å². The summed E-state index contributed by atoms with van der Waals surface area (Å²) >= 11 is 0. The van der Waals surface area contributed by atoms with Crippen molar-refractivity contribution in [2.75, 3.05) is 11.9 Å². The molecule has 1 aliphatic carbocycles. The van der Waals surface area contributed by atoms with Crippen LogP contribution >= 0.6 is 0 Å². The Labute approximate surface area is 135 Å². The van der Waals surface area contributed by atoms with Crippen molar-refractivity contribution in [2.45, 2.75) is 44.2 Å². The fourth-order valence-electron chi connectivity index (χ4n) is 3.48. The van der Waals surface area contributed by atoms with E-state index >= 15 is 0 Å². The normalized spacial score (nSPS) is 20.7. The minimum absolute atomic E-state index is 0.262. The number of likely N-dealkylation sites (N-methyl/N-ethyl adjacent to an activating group) is 1. The first kappa shape index (κ1) is 15.5. The first-order valence-corrected chi connectivity index (χ1v) is 7.95. The van der Waals surface area contributed by atoms with Crippen LogP contribution in [-0.2, 0) is 9.59 Å². The quantitative estimate of drug-likeness (QED) is 0.866. The molecule has 1 saturated carbocycles. The van der Waals surface area contributed by atoms with Crippen molar-refractivity contribution in [1.82, 2.24) is 10.2 Å². The third-order valence-corrected chi connectivity index (χ3v) is 4.87. The van der Waals surface area contributed by atoms with Gasteiger partial charge >= 0.3 is 6.03 Å². The molecule has 2 aliphatic rings. The van der Waals surface area contributed by atoms with E-state index < -0.39 is 17.6 Å². The second-order valence-corrected chi connectivity index (χ2v) is 6.30. The minimum atomic E-state index is -0.826. The Kier molecular flexibility index (Phi) is 3.83. The number of nitrogens with zero attached hydrogens (tertiary/aromatic N) is 2. The molecule has 3 rings (SSSR count). The van der Waals surface area contributed by atoms with E-state index in [1.807, 2.05) is 30.3 Å². The lowest BCUT2D eigenvalue weighted by Gasteiger charge is -2.27. The second kappa shape index (κ2) is 5.68. The van der Waals surface area contributed by atoms with E-state index in [-0.39, 0.29) is 11.8 Å². The number of para-hydroxylation sites is 1. The van der Waals surface area contributed by atoms with Crippen LogP contribution in [0.4, 0.5) is 10.5 Å². The van der Waals surface area contributed by atoms with Gasteiger partial charge in [0.2, 0.25) is 5.91 Å². The van der Waals surface area contributed by atoms with E-state index in [0.717, 1.165) is 23.4 Å². The maximum absolute atomic E-state index is 12.7. The predicted octanol–water partition coefficient (Wildman–Crippen LogP) is 1.90. The van der Waals surface area contributed by atoms with Gasteiger partial charge in [-0.3, -0.25) is 9.59 Å². The molecule has 1 N–H and O–H groups in total. The molecule has 4 amide bonds. The summed E-state index contributed by atoms with van der Waals surface area (Å²) in [7, 11) is 1.65. The number of imide groups is 1. The van der Waals surface area contributed by atoms with Gasteiger partial charge in [0, 0.05) is 12.7 Å². The van der Waals surface area contributed by atoms with E-state index in [1.165, 1.54) is 4.90 Å². The zero-order chi connectivity index (χ0) is 16.6. The molecule has 1 atom stereocenters. The molecule has 1 aromatic carbocycles. The second-order valence-electron chi connectivity index (χ2n) is 6.30. The number of amides is 4. The summed E-state index contributed by atoms with van der Waals surface area (Å²) in [5.41, 5.74) is -0.0521. The van der Waals surface area contributed by atoms with Crippen LogP contribution in [0.5, 0.6) is 0 Å². The Balaban J connectivity index is 1.80. The fraction of sp³-hybridized carbons (Fsp3) is 0.471. The number of carbonyl (C=O) groups is 3. The monoisotopic (exact) mass is 315 g/mol. The minimum Gasteiger partial charge on any atom is -0.323 e. The lowest BCUT2D eigenvalue weighted by Crippen LogP contribution is -2.50. The number of hydrogen-bond donors (Lipinski definition) is 1. The molecule has 0 aromatic heterocycles. The highest BCUT2D eigenvalue weighted by atomic mass is 16.2. The number of benzene rings is 1. The summed E-state index contributed by atoms with van der Waals surface area (Å²) in [4.78, 5) is 40.2. The zero-order valence-corrected chi connectivity index (χ0v) is 13.4. The van der Waals surface area contributed by atoms with Crippen molar-refractivity contribution >= 4 is 23.5 Å². The molecular weight excluding hydrogens is 294 g/mol. The summed E-state index contributed by atoms with van der Waals surface area (Å²) in [5, 5.41) is 2.81. The van der Waals surface area contributed by atoms with Gasteiger partial charge in [-0.2, -0.15) is 0 Å². The molecule has 1 unspecified atom stereocenters. The van der Waals surface area contributed by atoms with E-state index in [9.17, 15) is 14.4 Å². The number of hydrogen-bond acceptors (Lipinski definition) is 3. The maximum Gasteiger partial charge on any atom is 0.325 e. The van der Waals surface area contributed by atoms with Gasteiger partial charge in [-0.1, -0.05) is 31.0 Å². The van der Waals surface area contributed by atoms with Crippen molar-refractivity contribution in [3.8, 4) is 0 Å². The maximum atomic E-state index is 12.7. The third kappa shape index (κ3) is 2.48. The van der Waals surface area contributed by atoms with E-state index in [0.29, 0.717) is 12.8 Å². The number of carbonyl (C=O) groups excluding carboxylic acids is 3. The number of anilines is 1. The van der Waals surface area contributed by atoms with E-state index in [2.05, 4.69) is 5.32 Å². The van der Waals surface area contributed by atoms with E-state index in [4.69, 9.17) is 0 Å². The SMILES string of the molecule is CC(C(=O)N(C)c1ccccc1)N1C(=O)NC2(CCCC2)C1=O. The molecule has 2 fully saturated rings. The topological polar surface area (TPSA) is 69.7 Å². The first-order valence-electron chi connectivity index (χ1n) is 7.95. The number of urea groups is 1. The van der Waals surface area contributed by atoms with Crippen molar-refractivity contribution in [3.63, 3.8) is 0 Å². The van der Waals surface area contributed by atoms with Gasteiger partial charge in [-0.15, -0.1) is 0 Å². The molecule has 122 valence electrons. The van der Waals surface area contributed by atoms with Gasteiger partial charge in [0.15, 0.2) is 0 Å². The van der Waals surface area contributed by atoms with Gasteiger partial charge in [0.25, 0.3) is 5.91 Å². The summed E-state index contributed by atoms with van der Waals surface area (Å²) in [5.74, 6) is -0.544. The first-order chi connectivity index (χ1) is 11.0. The van der Waals surface area contributed by atoms with Gasteiger partial charge in [0.05, 0.1) is 0 Å². The van der Waals surface area contributed by atoms with Crippen molar-refractivity contribution in [2.24, 2.45) is 0 Å². The molecule has 6 nitrogen and oxygen atoms in total. The number of nitrogens with one attached hydrogen (secondary N) is 1. The Bertz CT molecular complexity index is 638. The zero-order valence-electron chi connectivity index (χ0n) is 13.4. The largest absolute Gasteiger partial charge is 0.325 e. The molecule has 1 heterocycles. The Morgan fingerprint density at radius 2 is 1.83 bits per heavy atom. The predicted molar refractivity (Wildman–Crippen MR) is 85.9 cm³/mol. The molecule has 0 bridgehead atoms. The van der Waals surface area contributed by atoms with Crippen LogP contribution in [-0.4, -0.2) is 41.4 Å². The molecule has 1 saturated heterocycles. The summed E-state index contributed by atoms with van der Waals surface area (Å²) in [6, 6.07) is 7.89. The average molecular weight is 315 g/mol. The van der Waals surface area contributed by atoms with Gasteiger partial charge in [-0.05, 0) is 31.9 Å². The Hall–Kier alpha value is -2.37.